The second-order valence-electron chi connectivity index (χ2n) is 9.58. The number of aliphatic hydroxyl groups excluding tert-OH is 2. The molecule has 208 valence electrons. The maximum atomic E-state index is 12.1. The van der Waals surface area contributed by atoms with E-state index < -0.39 is 48.0 Å². The molecule has 2 aliphatic rings. The van der Waals surface area contributed by atoms with Gasteiger partial charge in [-0.2, -0.15) is 9.97 Å². The number of nitrogen functional groups attached to an aromatic ring is 2. The maximum Gasteiger partial charge on any atom is 0.280 e. The molecular weight excluding hydrogens is 516 g/mol. The molecule has 0 unspecified atom stereocenters. The molecule has 4 aromatic rings. The number of imidazole rings is 2. The highest BCUT2D eigenvalue weighted by atomic mass is 16.6. The number of H-pyrrole nitrogens is 2. The van der Waals surface area contributed by atoms with Crippen LogP contribution in [0.5, 0.6) is 0 Å². The molecule has 0 spiro atoms. The standard InChI is InChI=1S/C22H28N10O7/c23-21-27-17-15(19(35)29-21)25-7-31(17)13-4-9(34)10(38-13)2-1-3-37-11-5-14(39-12(11)6-33)32-8-26-16-18(32)28-22(24)30-20(16)36/h7-14,33-34H,1-6H2,(H3,23,27,29,35)(H3,24,28,30,36)/t9-,10+,11-,12+,13+,14+/m0/s1. The first kappa shape index (κ1) is 25.4. The molecule has 17 nitrogen and oxygen atoms in total. The van der Waals surface area contributed by atoms with Crippen LogP contribution >= 0.6 is 0 Å². The topological polar surface area (TPSA) is 247 Å². The first-order valence-electron chi connectivity index (χ1n) is 12.5. The number of rotatable bonds is 8. The minimum Gasteiger partial charge on any atom is -0.394 e. The van der Waals surface area contributed by atoms with Crippen molar-refractivity contribution in [3.05, 3.63) is 33.4 Å². The second kappa shape index (κ2) is 10.0. The third kappa shape index (κ3) is 4.63. The number of nitrogens with two attached hydrogens (primary N) is 2. The van der Waals surface area contributed by atoms with Crippen molar-refractivity contribution in [2.75, 3.05) is 24.7 Å². The third-order valence-corrected chi connectivity index (χ3v) is 7.05. The van der Waals surface area contributed by atoms with Crippen LogP contribution in [0.3, 0.4) is 0 Å². The maximum absolute atomic E-state index is 12.1. The van der Waals surface area contributed by atoms with Gasteiger partial charge in [-0.15, -0.1) is 0 Å². The Hall–Kier alpha value is -3.90. The van der Waals surface area contributed by atoms with Crippen molar-refractivity contribution >= 4 is 34.2 Å². The molecule has 6 atom stereocenters. The van der Waals surface area contributed by atoms with Crippen LogP contribution in [0, 0.1) is 0 Å². The average molecular weight is 545 g/mol. The smallest absolute Gasteiger partial charge is 0.280 e. The summed E-state index contributed by atoms with van der Waals surface area (Å²) in [5, 5.41) is 20.4. The summed E-state index contributed by atoms with van der Waals surface area (Å²) in [6.07, 6.45) is 1.42. The highest BCUT2D eigenvalue weighted by molar-refractivity contribution is 5.71. The molecule has 8 N–H and O–H groups in total. The van der Waals surface area contributed by atoms with Crippen LogP contribution < -0.4 is 22.6 Å². The van der Waals surface area contributed by atoms with Crippen LogP contribution in [0.2, 0.25) is 0 Å². The van der Waals surface area contributed by atoms with Gasteiger partial charge in [-0.05, 0) is 12.8 Å². The Morgan fingerprint density at radius 3 is 2.10 bits per heavy atom. The van der Waals surface area contributed by atoms with Crippen LogP contribution in [-0.4, -0.2) is 86.9 Å². The molecule has 17 heteroatoms. The Morgan fingerprint density at radius 2 is 1.51 bits per heavy atom. The fourth-order valence-corrected chi connectivity index (χ4v) is 5.18. The molecule has 6 rings (SSSR count). The number of hydrogen-bond acceptors (Lipinski definition) is 13. The molecule has 0 aromatic carbocycles. The van der Waals surface area contributed by atoms with E-state index >= 15 is 0 Å². The quantitative estimate of drug-likeness (QED) is 0.139. The summed E-state index contributed by atoms with van der Waals surface area (Å²) in [6, 6.07) is 0. The highest BCUT2D eigenvalue weighted by Gasteiger charge is 2.38. The lowest BCUT2D eigenvalue weighted by atomic mass is 10.1. The van der Waals surface area contributed by atoms with Crippen molar-refractivity contribution in [3.8, 4) is 0 Å². The fraction of sp³-hybridized carbons (Fsp3) is 0.545. The number of aliphatic hydroxyl groups is 2. The van der Waals surface area contributed by atoms with E-state index in [1.165, 1.54) is 12.7 Å². The number of anilines is 2. The molecule has 2 fully saturated rings. The summed E-state index contributed by atoms with van der Waals surface area (Å²) < 4.78 is 21.2. The Labute approximate surface area is 218 Å². The second-order valence-corrected chi connectivity index (χ2v) is 9.58. The number of hydrogen-bond donors (Lipinski definition) is 6. The largest absolute Gasteiger partial charge is 0.394 e. The Balaban J connectivity index is 1.05. The van der Waals surface area contributed by atoms with Crippen molar-refractivity contribution in [2.45, 2.75) is 62.6 Å². The number of aromatic nitrogens is 8. The van der Waals surface area contributed by atoms with Gasteiger partial charge in [0.25, 0.3) is 11.1 Å². The van der Waals surface area contributed by atoms with Crippen molar-refractivity contribution in [3.63, 3.8) is 0 Å². The Bertz CT molecular complexity index is 1610. The average Bonchev–Trinajstić information content (AvgIpc) is 3.66. The Kier molecular flexibility index (Phi) is 6.51. The highest BCUT2D eigenvalue weighted by Crippen LogP contribution is 2.34. The van der Waals surface area contributed by atoms with Gasteiger partial charge >= 0.3 is 0 Å². The molecule has 0 amide bonds. The van der Waals surface area contributed by atoms with Gasteiger partial charge in [0.05, 0.1) is 37.6 Å². The summed E-state index contributed by atoms with van der Waals surface area (Å²) in [7, 11) is 0. The Morgan fingerprint density at radius 1 is 0.949 bits per heavy atom. The SMILES string of the molecule is Nc1nc2c(ncn2[C@H]2C[C@H](OCCC[C@H]3O[C@@H](n4cnc5c(=O)[nH]c(N)nc54)C[C@@H]3O)[C@@H](CO)O2)c(=O)[nH]1. The van der Waals surface area contributed by atoms with Crippen LogP contribution in [0.4, 0.5) is 11.9 Å². The zero-order valence-electron chi connectivity index (χ0n) is 20.6. The third-order valence-electron chi connectivity index (χ3n) is 7.05. The van der Waals surface area contributed by atoms with Crippen LogP contribution in [0.25, 0.3) is 22.3 Å². The fourth-order valence-electron chi connectivity index (χ4n) is 5.18. The molecule has 0 saturated carbocycles. The van der Waals surface area contributed by atoms with E-state index in [4.69, 9.17) is 25.7 Å². The van der Waals surface area contributed by atoms with Crippen LogP contribution in [-0.2, 0) is 14.2 Å². The lowest BCUT2D eigenvalue weighted by molar-refractivity contribution is -0.0642. The van der Waals surface area contributed by atoms with E-state index in [2.05, 4.69) is 29.9 Å². The first-order valence-corrected chi connectivity index (χ1v) is 12.5. The first-order chi connectivity index (χ1) is 18.8. The number of aromatic amines is 2. The monoisotopic (exact) mass is 544 g/mol. The molecule has 2 saturated heterocycles. The van der Waals surface area contributed by atoms with Gasteiger partial charge in [-0.25, -0.2) is 9.97 Å². The molecular formula is C22H28N10O7. The van der Waals surface area contributed by atoms with Gasteiger partial charge in [0.1, 0.15) is 18.6 Å². The van der Waals surface area contributed by atoms with E-state index in [1.807, 2.05) is 0 Å². The van der Waals surface area contributed by atoms with Gasteiger partial charge in [0, 0.05) is 19.4 Å². The van der Waals surface area contributed by atoms with Gasteiger partial charge in [-0.3, -0.25) is 28.7 Å². The van der Waals surface area contributed by atoms with Gasteiger partial charge in [-0.1, -0.05) is 0 Å². The predicted molar refractivity (Wildman–Crippen MR) is 134 cm³/mol. The van der Waals surface area contributed by atoms with E-state index in [9.17, 15) is 19.8 Å². The van der Waals surface area contributed by atoms with E-state index in [0.29, 0.717) is 32.3 Å². The van der Waals surface area contributed by atoms with Crippen molar-refractivity contribution < 1.29 is 24.4 Å². The molecule has 0 aliphatic carbocycles. The van der Waals surface area contributed by atoms with Gasteiger partial charge in [0.2, 0.25) is 11.9 Å². The molecule has 6 heterocycles. The number of nitrogens with one attached hydrogen (secondary N) is 2. The summed E-state index contributed by atoms with van der Waals surface area (Å²) in [5.74, 6) is -0.0660. The lowest BCUT2D eigenvalue weighted by Crippen LogP contribution is -2.28. The van der Waals surface area contributed by atoms with Crippen molar-refractivity contribution in [1.29, 1.82) is 0 Å². The summed E-state index contributed by atoms with van der Waals surface area (Å²) >= 11 is 0. The molecule has 0 bridgehead atoms. The zero-order valence-corrected chi connectivity index (χ0v) is 20.6. The molecule has 0 radical (unpaired) electrons. The summed E-state index contributed by atoms with van der Waals surface area (Å²) in [6.45, 7) is 0.0851. The molecule has 4 aromatic heterocycles. The van der Waals surface area contributed by atoms with Crippen molar-refractivity contribution in [1.82, 2.24) is 39.0 Å². The van der Waals surface area contributed by atoms with Crippen LogP contribution in [0.15, 0.2) is 22.2 Å². The van der Waals surface area contributed by atoms with E-state index in [-0.39, 0.29) is 40.8 Å². The molecule has 39 heavy (non-hydrogen) atoms. The lowest BCUT2D eigenvalue weighted by Gasteiger charge is -2.18. The minimum atomic E-state index is -0.728. The number of nitrogens with zero attached hydrogens (tertiary/aromatic N) is 6. The van der Waals surface area contributed by atoms with Gasteiger partial charge < -0.3 is 35.9 Å². The van der Waals surface area contributed by atoms with E-state index in [0.717, 1.165) is 0 Å². The summed E-state index contributed by atoms with van der Waals surface area (Å²) in [5.41, 5.74) is 11.3. The zero-order chi connectivity index (χ0) is 27.3. The van der Waals surface area contributed by atoms with E-state index in [1.54, 1.807) is 9.13 Å². The van der Waals surface area contributed by atoms with Crippen LogP contribution in [0.1, 0.15) is 38.1 Å². The van der Waals surface area contributed by atoms with Gasteiger partial charge in [0.15, 0.2) is 22.3 Å². The van der Waals surface area contributed by atoms with Crippen molar-refractivity contribution in [2.24, 2.45) is 0 Å². The predicted octanol–water partition coefficient (Wildman–Crippen LogP) is -1.49. The normalized spacial score (nSPS) is 27.2. The minimum absolute atomic E-state index is 0.0314. The summed E-state index contributed by atoms with van der Waals surface area (Å²) in [4.78, 5) is 45.4. The number of ether oxygens (including phenoxy) is 3. The number of fused-ring (bicyclic) bond motifs is 2. The molecule has 2 aliphatic heterocycles.